The quantitative estimate of drug-likeness (QED) is 0.872. The fourth-order valence-corrected chi connectivity index (χ4v) is 3.25. The largest absolute Gasteiger partial charge is 0.336 e. The fourth-order valence-electron chi connectivity index (χ4n) is 3.25. The summed E-state index contributed by atoms with van der Waals surface area (Å²) in [6, 6.07) is 20.1. The van der Waals surface area contributed by atoms with Gasteiger partial charge in [-0.05, 0) is 43.6 Å². The third-order valence-electron chi connectivity index (χ3n) is 4.50. The Morgan fingerprint density at radius 3 is 2.21 bits per heavy atom. The number of carbonyl (C=O) groups excluding carboxylic acids is 1. The highest BCUT2D eigenvalue weighted by Gasteiger charge is 2.22. The van der Waals surface area contributed by atoms with Gasteiger partial charge in [0.25, 0.3) is 0 Å². The molecule has 1 saturated heterocycles. The smallest absolute Gasteiger partial charge is 0.319 e. The molecule has 24 heavy (non-hydrogen) atoms. The number of nitrogens with zero attached hydrogens (tertiary/aromatic N) is 1. The van der Waals surface area contributed by atoms with Crippen LogP contribution in [0.25, 0.3) is 0 Å². The zero-order valence-electron chi connectivity index (χ0n) is 13.9. The Bertz CT molecular complexity index is 624. The van der Waals surface area contributed by atoms with E-state index in [4.69, 9.17) is 0 Å². The van der Waals surface area contributed by atoms with Crippen molar-refractivity contribution < 1.29 is 4.79 Å². The Morgan fingerprint density at radius 2 is 1.54 bits per heavy atom. The highest BCUT2D eigenvalue weighted by molar-refractivity contribution is 5.89. The van der Waals surface area contributed by atoms with E-state index in [1.54, 1.807) is 0 Å². The second-order valence-electron chi connectivity index (χ2n) is 6.22. The molecule has 1 unspecified atom stereocenters. The van der Waals surface area contributed by atoms with Crippen LogP contribution in [0.4, 0.5) is 10.5 Å². The Kier molecular flexibility index (Phi) is 5.85. The first kappa shape index (κ1) is 16.5. The maximum Gasteiger partial charge on any atom is 0.319 e. The van der Waals surface area contributed by atoms with E-state index in [9.17, 15) is 4.79 Å². The lowest BCUT2D eigenvalue weighted by Crippen LogP contribution is -2.41. The summed E-state index contributed by atoms with van der Waals surface area (Å²) in [5.74, 6) is 0. The molecule has 3 rings (SSSR count). The number of hydrogen-bond acceptors (Lipinski definition) is 2. The number of carbonyl (C=O) groups is 1. The van der Waals surface area contributed by atoms with E-state index in [-0.39, 0.29) is 12.1 Å². The average molecular weight is 323 g/mol. The van der Waals surface area contributed by atoms with Crippen molar-refractivity contribution in [3.05, 3.63) is 66.2 Å². The minimum absolute atomic E-state index is 0.154. The third-order valence-corrected chi connectivity index (χ3v) is 4.50. The second-order valence-corrected chi connectivity index (χ2v) is 6.22. The van der Waals surface area contributed by atoms with Crippen LogP contribution in [0.3, 0.4) is 0 Å². The molecule has 0 bridgehead atoms. The number of piperidine rings is 1. The number of para-hydroxylation sites is 1. The first-order chi connectivity index (χ1) is 11.8. The van der Waals surface area contributed by atoms with E-state index >= 15 is 0 Å². The van der Waals surface area contributed by atoms with Crippen molar-refractivity contribution in [1.29, 1.82) is 0 Å². The van der Waals surface area contributed by atoms with Gasteiger partial charge in [0.1, 0.15) is 0 Å². The minimum atomic E-state index is -0.154. The first-order valence-corrected chi connectivity index (χ1v) is 8.72. The molecule has 1 atom stereocenters. The van der Waals surface area contributed by atoms with E-state index in [0.717, 1.165) is 18.8 Å². The summed E-state index contributed by atoms with van der Waals surface area (Å²) in [6.45, 7) is 2.81. The molecule has 1 heterocycles. The third kappa shape index (κ3) is 4.59. The Balaban J connectivity index is 1.62. The van der Waals surface area contributed by atoms with Gasteiger partial charge in [-0.2, -0.15) is 0 Å². The van der Waals surface area contributed by atoms with Gasteiger partial charge in [-0.25, -0.2) is 4.79 Å². The number of rotatable bonds is 5. The molecule has 1 fully saturated rings. The van der Waals surface area contributed by atoms with Crippen LogP contribution in [-0.4, -0.2) is 30.6 Å². The number of nitrogens with one attached hydrogen (secondary N) is 2. The van der Waals surface area contributed by atoms with Gasteiger partial charge >= 0.3 is 6.03 Å². The Labute approximate surface area is 143 Å². The van der Waals surface area contributed by atoms with Gasteiger partial charge < -0.3 is 10.6 Å². The van der Waals surface area contributed by atoms with Gasteiger partial charge in [-0.1, -0.05) is 55.0 Å². The summed E-state index contributed by atoms with van der Waals surface area (Å²) in [5, 5.41) is 5.92. The lowest BCUT2D eigenvalue weighted by molar-refractivity contribution is 0.161. The molecule has 1 aliphatic rings. The van der Waals surface area contributed by atoms with Crippen molar-refractivity contribution in [3.63, 3.8) is 0 Å². The summed E-state index contributed by atoms with van der Waals surface area (Å²) in [7, 11) is 0. The van der Waals surface area contributed by atoms with Crippen LogP contribution in [-0.2, 0) is 0 Å². The van der Waals surface area contributed by atoms with Crippen LogP contribution in [0.15, 0.2) is 60.7 Å². The molecule has 126 valence electrons. The van der Waals surface area contributed by atoms with Crippen molar-refractivity contribution in [2.45, 2.75) is 25.3 Å². The van der Waals surface area contributed by atoms with Crippen LogP contribution < -0.4 is 10.6 Å². The molecule has 4 nitrogen and oxygen atoms in total. The number of likely N-dealkylation sites (tertiary alicyclic amines) is 1. The fraction of sp³-hybridized carbons (Fsp3) is 0.350. The van der Waals surface area contributed by atoms with E-state index in [1.807, 2.05) is 36.4 Å². The highest BCUT2D eigenvalue weighted by atomic mass is 16.2. The van der Waals surface area contributed by atoms with Gasteiger partial charge in [-0.3, -0.25) is 4.90 Å². The topological polar surface area (TPSA) is 44.4 Å². The van der Waals surface area contributed by atoms with Gasteiger partial charge in [0, 0.05) is 12.2 Å². The van der Waals surface area contributed by atoms with Gasteiger partial charge in [-0.15, -0.1) is 0 Å². The molecule has 0 spiro atoms. The van der Waals surface area contributed by atoms with Crippen molar-refractivity contribution in [1.82, 2.24) is 10.2 Å². The maximum atomic E-state index is 12.2. The summed E-state index contributed by atoms with van der Waals surface area (Å²) in [5.41, 5.74) is 2.07. The van der Waals surface area contributed by atoms with Crippen LogP contribution in [0.2, 0.25) is 0 Å². The van der Waals surface area contributed by atoms with E-state index in [0.29, 0.717) is 6.54 Å². The van der Waals surface area contributed by atoms with Crippen LogP contribution in [0.5, 0.6) is 0 Å². The number of benzene rings is 2. The molecule has 4 heteroatoms. The Morgan fingerprint density at radius 1 is 0.917 bits per heavy atom. The molecule has 0 aromatic heterocycles. The lowest BCUT2D eigenvalue weighted by atomic mass is 10.0. The molecule has 2 N–H and O–H groups in total. The number of amides is 2. The summed E-state index contributed by atoms with van der Waals surface area (Å²) in [6.07, 6.45) is 3.78. The molecule has 1 aliphatic heterocycles. The summed E-state index contributed by atoms with van der Waals surface area (Å²) >= 11 is 0. The van der Waals surface area contributed by atoms with E-state index in [2.05, 4.69) is 39.8 Å². The standard InChI is InChI=1S/C20H25N3O/c24-20(22-18-12-6-2-7-13-18)21-16-19(17-10-4-1-5-11-17)23-14-8-3-9-15-23/h1-2,4-7,10-13,19H,3,8-9,14-16H2,(H2,21,22,24). The van der Waals surface area contributed by atoms with Crippen molar-refractivity contribution >= 4 is 11.7 Å². The number of urea groups is 1. The van der Waals surface area contributed by atoms with Crippen LogP contribution >= 0.6 is 0 Å². The van der Waals surface area contributed by atoms with E-state index < -0.39 is 0 Å². The van der Waals surface area contributed by atoms with Crippen molar-refractivity contribution in [2.24, 2.45) is 0 Å². The maximum absolute atomic E-state index is 12.2. The molecular formula is C20H25N3O. The predicted octanol–water partition coefficient (Wildman–Crippen LogP) is 4.04. The monoisotopic (exact) mass is 323 g/mol. The molecule has 0 radical (unpaired) electrons. The van der Waals surface area contributed by atoms with Gasteiger partial charge in [0.2, 0.25) is 0 Å². The average Bonchev–Trinajstić information content (AvgIpc) is 2.64. The molecule has 2 aromatic carbocycles. The molecule has 0 saturated carbocycles. The van der Waals surface area contributed by atoms with Gasteiger partial charge in [0.05, 0.1) is 6.04 Å². The van der Waals surface area contributed by atoms with Crippen molar-refractivity contribution in [2.75, 3.05) is 25.0 Å². The van der Waals surface area contributed by atoms with Crippen LogP contribution in [0, 0.1) is 0 Å². The molecule has 2 aromatic rings. The zero-order chi connectivity index (χ0) is 16.6. The molecule has 0 aliphatic carbocycles. The lowest BCUT2D eigenvalue weighted by Gasteiger charge is -2.35. The van der Waals surface area contributed by atoms with E-state index in [1.165, 1.54) is 24.8 Å². The highest BCUT2D eigenvalue weighted by Crippen LogP contribution is 2.24. The minimum Gasteiger partial charge on any atom is -0.336 e. The predicted molar refractivity (Wildman–Crippen MR) is 98.1 cm³/mol. The normalized spacial score (nSPS) is 16.3. The number of hydrogen-bond donors (Lipinski definition) is 2. The second kappa shape index (κ2) is 8.50. The molecule has 2 amide bonds. The molecular weight excluding hydrogens is 298 g/mol. The summed E-state index contributed by atoms with van der Waals surface area (Å²) < 4.78 is 0. The Hall–Kier alpha value is -2.33. The van der Waals surface area contributed by atoms with Gasteiger partial charge in [0.15, 0.2) is 0 Å². The zero-order valence-corrected chi connectivity index (χ0v) is 13.9. The van der Waals surface area contributed by atoms with Crippen LogP contribution in [0.1, 0.15) is 30.9 Å². The summed E-state index contributed by atoms with van der Waals surface area (Å²) in [4.78, 5) is 14.7. The SMILES string of the molecule is O=C(NCC(c1ccccc1)N1CCCCC1)Nc1ccccc1. The number of anilines is 1. The first-order valence-electron chi connectivity index (χ1n) is 8.72. The van der Waals surface area contributed by atoms with Crippen molar-refractivity contribution in [3.8, 4) is 0 Å².